The van der Waals surface area contributed by atoms with E-state index in [9.17, 15) is 0 Å². The Balaban J connectivity index is 0.000000320. The Kier molecular flexibility index (Phi) is 6.70. The van der Waals surface area contributed by atoms with E-state index in [4.69, 9.17) is 17.3 Å². The number of fused-ring (bicyclic) bond motifs is 1. The SMILES string of the molecule is C=C(NCc1cc2cc(Cl)ccc2[nH]1)NC1CCCN(C)C1.C=CC1(N)CC1. The van der Waals surface area contributed by atoms with Crippen molar-refractivity contribution in [2.45, 2.75) is 43.8 Å². The number of aromatic nitrogens is 1. The number of hydrogen-bond acceptors (Lipinski definition) is 4. The summed E-state index contributed by atoms with van der Waals surface area (Å²) in [5.74, 6) is 0.886. The van der Waals surface area contributed by atoms with Crippen LogP contribution in [0.15, 0.2) is 49.3 Å². The number of hydrogen-bond donors (Lipinski definition) is 4. The fourth-order valence-corrected chi connectivity index (χ4v) is 3.57. The van der Waals surface area contributed by atoms with Gasteiger partial charge >= 0.3 is 0 Å². The third-order valence-electron chi connectivity index (χ3n) is 5.37. The van der Waals surface area contributed by atoms with E-state index in [0.717, 1.165) is 53.4 Å². The summed E-state index contributed by atoms with van der Waals surface area (Å²) in [6, 6.07) is 8.49. The lowest BCUT2D eigenvalue weighted by Gasteiger charge is -2.31. The highest BCUT2D eigenvalue weighted by molar-refractivity contribution is 6.31. The van der Waals surface area contributed by atoms with E-state index in [1.54, 1.807) is 0 Å². The molecule has 6 heteroatoms. The van der Waals surface area contributed by atoms with Crippen LogP contribution in [0.25, 0.3) is 10.9 Å². The summed E-state index contributed by atoms with van der Waals surface area (Å²) in [6.45, 7) is 10.6. The van der Waals surface area contributed by atoms with Gasteiger partial charge in [0.1, 0.15) is 0 Å². The van der Waals surface area contributed by atoms with Crippen molar-refractivity contribution in [3.8, 4) is 0 Å². The lowest BCUT2D eigenvalue weighted by atomic mass is 10.1. The summed E-state index contributed by atoms with van der Waals surface area (Å²) >= 11 is 6.02. The van der Waals surface area contributed by atoms with Crippen LogP contribution in [0.4, 0.5) is 0 Å². The maximum atomic E-state index is 6.02. The van der Waals surface area contributed by atoms with Crippen LogP contribution in [-0.4, -0.2) is 41.6 Å². The Bertz CT molecular complexity index is 823. The van der Waals surface area contributed by atoms with E-state index in [1.807, 2.05) is 24.3 Å². The molecule has 0 amide bonds. The molecule has 1 aromatic carbocycles. The maximum Gasteiger partial charge on any atom is 0.0918 e. The minimum absolute atomic E-state index is 0.0556. The Hall–Kier alpha value is -1.95. The van der Waals surface area contributed by atoms with E-state index in [1.165, 1.54) is 19.4 Å². The van der Waals surface area contributed by atoms with Gasteiger partial charge in [-0.25, -0.2) is 0 Å². The quantitative estimate of drug-likeness (QED) is 0.557. The van der Waals surface area contributed by atoms with Gasteiger partial charge in [0.25, 0.3) is 0 Å². The number of likely N-dealkylation sites (N-methyl/N-ethyl adjacent to an activating group) is 1. The number of benzene rings is 1. The molecule has 2 heterocycles. The van der Waals surface area contributed by atoms with Crippen LogP contribution in [0.5, 0.6) is 0 Å². The van der Waals surface area contributed by atoms with Gasteiger partial charge in [-0.2, -0.15) is 0 Å². The predicted molar refractivity (Wildman–Crippen MR) is 119 cm³/mol. The highest BCUT2D eigenvalue weighted by Crippen LogP contribution is 2.32. The zero-order chi connectivity index (χ0) is 20.1. The Labute approximate surface area is 173 Å². The minimum atomic E-state index is 0.0556. The largest absolute Gasteiger partial charge is 0.368 e. The molecule has 152 valence electrons. The van der Waals surface area contributed by atoms with Crippen molar-refractivity contribution in [3.05, 3.63) is 60.0 Å². The van der Waals surface area contributed by atoms with Crippen molar-refractivity contribution in [1.29, 1.82) is 0 Å². The molecule has 28 heavy (non-hydrogen) atoms. The molecule has 1 saturated carbocycles. The molecule has 0 spiro atoms. The molecule has 1 unspecified atom stereocenters. The van der Waals surface area contributed by atoms with Crippen molar-refractivity contribution in [2.75, 3.05) is 20.1 Å². The number of aromatic amines is 1. The molecule has 0 bridgehead atoms. The van der Waals surface area contributed by atoms with E-state index in [-0.39, 0.29) is 5.54 Å². The molecular weight excluding hydrogens is 370 g/mol. The third-order valence-corrected chi connectivity index (χ3v) is 5.60. The first-order chi connectivity index (χ1) is 13.4. The lowest BCUT2D eigenvalue weighted by Crippen LogP contribution is -2.45. The Morgan fingerprint density at radius 3 is 2.86 bits per heavy atom. The van der Waals surface area contributed by atoms with Crippen LogP contribution in [0, 0.1) is 0 Å². The summed E-state index contributed by atoms with van der Waals surface area (Å²) in [5, 5.41) is 8.73. The zero-order valence-corrected chi connectivity index (χ0v) is 17.5. The smallest absolute Gasteiger partial charge is 0.0918 e. The van der Waals surface area contributed by atoms with Gasteiger partial charge in [-0.05, 0) is 63.5 Å². The van der Waals surface area contributed by atoms with Crippen molar-refractivity contribution in [2.24, 2.45) is 5.73 Å². The molecular formula is C22H32ClN5. The molecule has 4 rings (SSSR count). The van der Waals surface area contributed by atoms with Gasteiger partial charge in [0.05, 0.1) is 12.4 Å². The van der Waals surface area contributed by atoms with E-state index in [2.05, 4.69) is 46.8 Å². The monoisotopic (exact) mass is 401 g/mol. The highest BCUT2D eigenvalue weighted by Gasteiger charge is 2.33. The number of halogens is 1. The van der Waals surface area contributed by atoms with Crippen LogP contribution >= 0.6 is 11.6 Å². The summed E-state index contributed by atoms with van der Waals surface area (Å²) in [4.78, 5) is 5.75. The van der Waals surface area contributed by atoms with Crippen LogP contribution in [0.3, 0.4) is 0 Å². The lowest BCUT2D eigenvalue weighted by molar-refractivity contribution is 0.233. The predicted octanol–water partition coefficient (Wildman–Crippen LogP) is 3.73. The fourth-order valence-electron chi connectivity index (χ4n) is 3.39. The number of nitrogens with one attached hydrogen (secondary N) is 3. The number of nitrogens with two attached hydrogens (primary N) is 1. The highest BCUT2D eigenvalue weighted by atomic mass is 35.5. The second-order valence-electron chi connectivity index (χ2n) is 8.04. The number of likely N-dealkylation sites (tertiary alicyclic amines) is 1. The van der Waals surface area contributed by atoms with Crippen molar-refractivity contribution >= 4 is 22.5 Å². The van der Waals surface area contributed by atoms with Crippen molar-refractivity contribution in [1.82, 2.24) is 20.5 Å². The second-order valence-corrected chi connectivity index (χ2v) is 8.48. The second kappa shape index (κ2) is 9.03. The minimum Gasteiger partial charge on any atom is -0.368 e. The topological polar surface area (TPSA) is 69.1 Å². The normalized spacial score (nSPS) is 20.8. The molecule has 2 aliphatic rings. The van der Waals surface area contributed by atoms with Gasteiger partial charge in [0.2, 0.25) is 0 Å². The van der Waals surface area contributed by atoms with Crippen LogP contribution in [0.2, 0.25) is 5.02 Å². The summed E-state index contributed by atoms with van der Waals surface area (Å²) < 4.78 is 0. The summed E-state index contributed by atoms with van der Waals surface area (Å²) in [6.07, 6.45) is 6.54. The van der Waals surface area contributed by atoms with Gasteiger partial charge in [-0.3, -0.25) is 0 Å². The zero-order valence-electron chi connectivity index (χ0n) is 16.7. The summed E-state index contributed by atoms with van der Waals surface area (Å²) in [5.41, 5.74) is 7.81. The van der Waals surface area contributed by atoms with Gasteiger partial charge in [0, 0.05) is 39.7 Å². The van der Waals surface area contributed by atoms with Gasteiger partial charge in [0.15, 0.2) is 0 Å². The molecule has 5 N–H and O–H groups in total. The Morgan fingerprint density at radius 2 is 2.21 bits per heavy atom. The number of rotatable bonds is 6. The van der Waals surface area contributed by atoms with E-state index >= 15 is 0 Å². The van der Waals surface area contributed by atoms with Crippen LogP contribution < -0.4 is 16.4 Å². The molecule has 1 aliphatic carbocycles. The van der Waals surface area contributed by atoms with Crippen LogP contribution in [0.1, 0.15) is 31.4 Å². The number of piperidine rings is 1. The maximum absolute atomic E-state index is 6.02. The molecule has 1 aromatic heterocycles. The van der Waals surface area contributed by atoms with Gasteiger partial charge in [-0.15, -0.1) is 6.58 Å². The van der Waals surface area contributed by atoms with Crippen LogP contribution in [-0.2, 0) is 6.54 Å². The first kappa shape index (κ1) is 20.8. The van der Waals surface area contributed by atoms with Gasteiger partial charge < -0.3 is 26.3 Å². The molecule has 2 fully saturated rings. The molecule has 0 radical (unpaired) electrons. The van der Waals surface area contributed by atoms with Crippen molar-refractivity contribution < 1.29 is 0 Å². The molecule has 1 atom stereocenters. The fraction of sp³-hybridized carbons (Fsp3) is 0.455. The van der Waals surface area contributed by atoms with Gasteiger partial charge in [-0.1, -0.05) is 24.3 Å². The average Bonchev–Trinajstić information content (AvgIpc) is 3.27. The first-order valence-corrected chi connectivity index (χ1v) is 10.3. The summed E-state index contributed by atoms with van der Waals surface area (Å²) in [7, 11) is 2.17. The molecule has 5 nitrogen and oxygen atoms in total. The standard InChI is InChI=1S/C17H23ClN4.C5H9N/c1-12(20-15-4-3-7-22(2)11-15)19-10-16-9-13-8-14(18)5-6-17(13)21-16;1-2-5(6)3-4-5/h5-6,8-9,15,19-21H,1,3-4,7,10-11H2,2H3;2H,1,3-4,6H2. The number of nitrogens with zero attached hydrogens (tertiary/aromatic N) is 1. The average molecular weight is 402 g/mol. The first-order valence-electron chi connectivity index (χ1n) is 9.94. The molecule has 2 aromatic rings. The Morgan fingerprint density at radius 1 is 1.43 bits per heavy atom. The van der Waals surface area contributed by atoms with E-state index < -0.39 is 0 Å². The molecule has 1 saturated heterocycles. The molecule has 1 aliphatic heterocycles. The van der Waals surface area contributed by atoms with E-state index in [0.29, 0.717) is 6.04 Å². The third kappa shape index (κ3) is 6.03. The van der Waals surface area contributed by atoms with Crippen molar-refractivity contribution in [3.63, 3.8) is 0 Å². The number of H-pyrrole nitrogens is 1.